The second-order valence-electron chi connectivity index (χ2n) is 5.66. The Morgan fingerprint density at radius 2 is 2.12 bits per heavy atom. The molecule has 0 aromatic rings. The third-order valence-corrected chi connectivity index (χ3v) is 3.71. The van der Waals surface area contributed by atoms with Gasteiger partial charge in [-0.25, -0.2) is 4.39 Å². The fourth-order valence-electron chi connectivity index (χ4n) is 2.35. The van der Waals surface area contributed by atoms with Crippen molar-refractivity contribution in [2.75, 3.05) is 21.2 Å². The zero-order valence-electron chi connectivity index (χ0n) is 14.1. The molecule has 9 heteroatoms. The van der Waals surface area contributed by atoms with Gasteiger partial charge in [0, 0.05) is 65.3 Å². The summed E-state index contributed by atoms with van der Waals surface area (Å²) in [4.78, 5) is 37.0. The van der Waals surface area contributed by atoms with Gasteiger partial charge >= 0.3 is 0 Å². The zero-order chi connectivity index (χ0) is 17.9. The fourth-order valence-corrected chi connectivity index (χ4v) is 2.35. The zero-order valence-corrected chi connectivity index (χ0v) is 17.1. The van der Waals surface area contributed by atoms with E-state index < -0.39 is 23.7 Å². The van der Waals surface area contributed by atoms with Gasteiger partial charge in [-0.2, -0.15) is 0 Å². The monoisotopic (exact) mass is 520 g/mol. The van der Waals surface area contributed by atoms with Crippen LogP contribution in [-0.4, -0.2) is 49.9 Å². The SMILES string of the molecule is COC1=C(C(=O)NC2CCC(=O)NC2=O)[C-]=C(F)CC(N(C)C)=C1.[W]. The molecule has 1 atom stereocenters. The molecular weight excluding hydrogens is 501 g/mol. The Bertz CT molecular complexity index is 670. The van der Waals surface area contributed by atoms with E-state index in [1.165, 1.54) is 7.11 Å². The summed E-state index contributed by atoms with van der Waals surface area (Å²) in [6, 6.07) is -0.855. The molecule has 1 fully saturated rings. The summed E-state index contributed by atoms with van der Waals surface area (Å²) in [5.74, 6) is -2.12. The van der Waals surface area contributed by atoms with Crippen molar-refractivity contribution in [3.8, 4) is 0 Å². The van der Waals surface area contributed by atoms with E-state index in [9.17, 15) is 18.8 Å². The molecule has 7 nitrogen and oxygen atoms in total. The molecule has 2 aliphatic rings. The summed E-state index contributed by atoms with van der Waals surface area (Å²) in [6.07, 6.45) is 4.25. The van der Waals surface area contributed by atoms with Crippen molar-refractivity contribution in [1.29, 1.82) is 0 Å². The maximum Gasteiger partial charge on any atom is 0.248 e. The van der Waals surface area contributed by atoms with Crippen LogP contribution in [0.15, 0.2) is 28.9 Å². The Balaban J connectivity index is 0.00000312. The smallest absolute Gasteiger partial charge is 0.248 e. The molecule has 0 saturated carbocycles. The molecular formula is C16H19FN3O4W-. The molecule has 3 amide bonds. The van der Waals surface area contributed by atoms with Crippen LogP contribution in [0.2, 0.25) is 0 Å². The van der Waals surface area contributed by atoms with E-state index in [4.69, 9.17) is 4.74 Å². The van der Waals surface area contributed by atoms with E-state index in [0.717, 1.165) is 0 Å². The molecule has 0 aromatic heterocycles. The molecule has 1 unspecified atom stereocenters. The van der Waals surface area contributed by atoms with Gasteiger partial charge in [0.2, 0.25) is 11.8 Å². The van der Waals surface area contributed by atoms with Crippen molar-refractivity contribution >= 4 is 17.7 Å². The first-order valence-electron chi connectivity index (χ1n) is 7.41. The second kappa shape index (κ2) is 8.94. The predicted octanol–water partition coefficient (Wildman–Crippen LogP) is 0.312. The van der Waals surface area contributed by atoms with E-state index in [1.54, 1.807) is 25.1 Å². The molecule has 1 heterocycles. The summed E-state index contributed by atoms with van der Waals surface area (Å²) in [5.41, 5.74) is 0.484. The number of hydrogen-bond donors (Lipinski definition) is 2. The van der Waals surface area contributed by atoms with Crippen molar-refractivity contribution in [3.05, 3.63) is 35.0 Å². The predicted molar refractivity (Wildman–Crippen MR) is 82.6 cm³/mol. The van der Waals surface area contributed by atoms with Crippen LogP contribution >= 0.6 is 0 Å². The number of rotatable bonds is 4. The van der Waals surface area contributed by atoms with Crippen molar-refractivity contribution < 1.29 is 44.6 Å². The van der Waals surface area contributed by atoms with Crippen molar-refractivity contribution in [2.24, 2.45) is 0 Å². The molecule has 0 aromatic carbocycles. The van der Waals surface area contributed by atoms with Crippen LogP contribution in [0.4, 0.5) is 4.39 Å². The Hall–Kier alpha value is -1.95. The molecule has 1 aliphatic heterocycles. The standard InChI is InChI=1S/C16H19FN3O4.W/c1-20(2)10-6-9(17)7-11(13(8-10)24-3)15(22)18-12-4-5-14(21)19-16(12)23;/h8,12H,4-6H2,1-3H3,(H,18,22)(H,19,21,23);/q-1;. The molecule has 0 spiro atoms. The number of allylic oxidation sites excluding steroid dienone is 2. The number of amides is 3. The minimum atomic E-state index is -0.855. The third-order valence-electron chi connectivity index (χ3n) is 3.71. The van der Waals surface area contributed by atoms with Gasteiger partial charge in [-0.1, -0.05) is 11.6 Å². The average Bonchev–Trinajstić information content (AvgIpc) is 2.68. The van der Waals surface area contributed by atoms with Crippen LogP contribution in [0.25, 0.3) is 0 Å². The quantitative estimate of drug-likeness (QED) is 0.412. The number of carbonyl (C=O) groups excluding carboxylic acids is 3. The number of halogens is 1. The van der Waals surface area contributed by atoms with Gasteiger partial charge in [0.05, 0.1) is 13.2 Å². The number of hydrogen-bond acceptors (Lipinski definition) is 5. The second-order valence-corrected chi connectivity index (χ2v) is 5.66. The number of ether oxygens (including phenoxy) is 1. The maximum absolute atomic E-state index is 14.0. The number of piperidine rings is 1. The molecule has 136 valence electrons. The summed E-state index contributed by atoms with van der Waals surface area (Å²) >= 11 is 0. The summed E-state index contributed by atoms with van der Waals surface area (Å²) < 4.78 is 19.2. The van der Waals surface area contributed by atoms with Crippen molar-refractivity contribution in [2.45, 2.75) is 25.3 Å². The number of methoxy groups -OCH3 is 1. The number of carbonyl (C=O) groups is 3. The molecule has 1 saturated heterocycles. The maximum atomic E-state index is 14.0. The molecule has 2 N–H and O–H groups in total. The van der Waals surface area contributed by atoms with Gasteiger partial charge in [-0.3, -0.25) is 14.9 Å². The van der Waals surface area contributed by atoms with Crippen LogP contribution in [0.5, 0.6) is 0 Å². The van der Waals surface area contributed by atoms with Gasteiger partial charge in [0.15, 0.2) is 0 Å². The van der Waals surface area contributed by atoms with Gasteiger partial charge in [0.25, 0.3) is 0 Å². The van der Waals surface area contributed by atoms with Gasteiger partial charge < -0.3 is 19.7 Å². The topological polar surface area (TPSA) is 87.7 Å². The van der Waals surface area contributed by atoms with E-state index in [0.29, 0.717) is 5.70 Å². The van der Waals surface area contributed by atoms with E-state index in [2.05, 4.69) is 16.7 Å². The molecule has 0 radical (unpaired) electrons. The Morgan fingerprint density at radius 3 is 2.68 bits per heavy atom. The van der Waals surface area contributed by atoms with E-state index in [1.807, 2.05) is 0 Å². The van der Waals surface area contributed by atoms with Crippen LogP contribution in [-0.2, 0) is 40.2 Å². The fraction of sp³-hybridized carbons (Fsp3) is 0.438. The van der Waals surface area contributed by atoms with Crippen LogP contribution < -0.4 is 10.6 Å². The van der Waals surface area contributed by atoms with Gasteiger partial charge in [-0.05, 0) is 6.42 Å². The number of nitrogens with zero attached hydrogens (tertiary/aromatic N) is 1. The Morgan fingerprint density at radius 1 is 1.44 bits per heavy atom. The Labute approximate surface area is 159 Å². The largest absolute Gasteiger partial charge is 0.553 e. The number of nitrogens with one attached hydrogen (secondary N) is 2. The summed E-state index contributed by atoms with van der Waals surface area (Å²) in [7, 11) is 4.87. The average molecular weight is 520 g/mol. The van der Waals surface area contributed by atoms with Crippen LogP contribution in [0, 0.1) is 6.08 Å². The molecule has 1 aliphatic carbocycles. The normalized spacial score (nSPS) is 20.6. The first-order valence-corrected chi connectivity index (χ1v) is 7.41. The van der Waals surface area contributed by atoms with Crippen molar-refractivity contribution in [3.63, 3.8) is 0 Å². The first-order chi connectivity index (χ1) is 11.3. The van der Waals surface area contributed by atoms with Gasteiger partial charge in [-0.15, -0.1) is 6.08 Å². The minimum absolute atomic E-state index is 0. The first kappa shape index (κ1) is 21.1. The minimum Gasteiger partial charge on any atom is -0.553 e. The van der Waals surface area contributed by atoms with Crippen LogP contribution in [0.3, 0.4) is 0 Å². The van der Waals surface area contributed by atoms with E-state index in [-0.39, 0.29) is 57.6 Å². The molecule has 0 bridgehead atoms. The van der Waals surface area contributed by atoms with Gasteiger partial charge in [0.1, 0.15) is 5.91 Å². The summed E-state index contributed by atoms with van der Waals surface area (Å²) in [5, 5.41) is 4.64. The van der Waals surface area contributed by atoms with Crippen LogP contribution in [0.1, 0.15) is 19.3 Å². The molecule has 2 rings (SSSR count). The Kier molecular flexibility index (Phi) is 7.55. The molecule has 25 heavy (non-hydrogen) atoms. The number of imide groups is 1. The van der Waals surface area contributed by atoms with Crippen molar-refractivity contribution in [1.82, 2.24) is 15.5 Å². The third kappa shape index (κ3) is 5.26. The van der Waals surface area contributed by atoms with E-state index >= 15 is 0 Å². The summed E-state index contributed by atoms with van der Waals surface area (Å²) in [6.45, 7) is 0.